The predicted octanol–water partition coefficient (Wildman–Crippen LogP) is 1.41. The Bertz CT molecular complexity index is 517. The number of carbonyl (C=O) groups is 2. The first-order valence-electron chi connectivity index (χ1n) is 6.89. The van der Waals surface area contributed by atoms with E-state index in [1.54, 1.807) is 14.2 Å². The number of carboxylic acid groups (broad SMARTS) is 2. The van der Waals surface area contributed by atoms with Crippen molar-refractivity contribution < 1.29 is 29.3 Å². The molecule has 0 saturated heterocycles. The summed E-state index contributed by atoms with van der Waals surface area (Å²) < 4.78 is 10.6. The second kappa shape index (κ2) is 9.09. The summed E-state index contributed by atoms with van der Waals surface area (Å²) in [7, 11) is 3.61. The molecule has 0 aliphatic heterocycles. The Balaban J connectivity index is 2.53. The van der Waals surface area contributed by atoms with Crippen molar-refractivity contribution in [3.8, 4) is 11.5 Å². The van der Waals surface area contributed by atoms with Gasteiger partial charge >= 0.3 is 11.9 Å². The van der Waals surface area contributed by atoms with E-state index in [0.29, 0.717) is 33.9 Å². The molecule has 2 N–H and O–H groups in total. The molecule has 0 heterocycles. The summed E-state index contributed by atoms with van der Waals surface area (Å²) in [6.07, 6.45) is 0.685. The lowest BCUT2D eigenvalue weighted by Crippen LogP contribution is -2.20. The maximum Gasteiger partial charge on any atom is 0.307 e. The van der Waals surface area contributed by atoms with Crippen LogP contribution in [-0.4, -0.2) is 45.9 Å². The van der Waals surface area contributed by atoms with Crippen LogP contribution in [0.15, 0.2) is 18.2 Å². The van der Waals surface area contributed by atoms with Gasteiger partial charge in [0.15, 0.2) is 11.5 Å². The van der Waals surface area contributed by atoms with Crippen LogP contribution in [0.2, 0.25) is 6.04 Å². The SMILES string of the molecule is COc1cccc([Si]CCCC(CC(=O)O)C(=O)O)c1OC. The van der Waals surface area contributed by atoms with E-state index in [9.17, 15) is 9.59 Å². The van der Waals surface area contributed by atoms with Crippen molar-refractivity contribution in [3.63, 3.8) is 0 Å². The van der Waals surface area contributed by atoms with Gasteiger partial charge in [0.05, 0.1) is 36.1 Å². The largest absolute Gasteiger partial charge is 0.493 e. The Labute approximate surface area is 131 Å². The maximum atomic E-state index is 11.0. The van der Waals surface area contributed by atoms with Crippen LogP contribution in [0.5, 0.6) is 11.5 Å². The zero-order valence-corrected chi connectivity index (χ0v) is 13.7. The van der Waals surface area contributed by atoms with Crippen LogP contribution in [0.25, 0.3) is 0 Å². The molecule has 1 rings (SSSR count). The molecular formula is C15H20O6Si. The molecule has 1 aromatic carbocycles. The third-order valence-corrected chi connectivity index (χ3v) is 4.60. The van der Waals surface area contributed by atoms with Gasteiger partial charge in [-0.1, -0.05) is 24.6 Å². The number of carboxylic acids is 2. The molecule has 0 aliphatic rings. The average Bonchev–Trinajstić information content (AvgIpc) is 2.49. The van der Waals surface area contributed by atoms with Crippen LogP contribution in [-0.2, 0) is 9.59 Å². The second-order valence-electron chi connectivity index (χ2n) is 4.74. The lowest BCUT2D eigenvalue weighted by molar-refractivity contribution is -0.148. The normalized spacial score (nSPS) is 11.7. The maximum absolute atomic E-state index is 11.0. The highest BCUT2D eigenvalue weighted by Gasteiger charge is 2.20. The van der Waals surface area contributed by atoms with Crippen LogP contribution in [0.4, 0.5) is 0 Å². The van der Waals surface area contributed by atoms with Crippen molar-refractivity contribution in [1.29, 1.82) is 0 Å². The Morgan fingerprint density at radius 3 is 2.50 bits per heavy atom. The van der Waals surface area contributed by atoms with Crippen LogP contribution in [0, 0.1) is 5.92 Å². The van der Waals surface area contributed by atoms with Crippen molar-refractivity contribution in [3.05, 3.63) is 18.2 Å². The lowest BCUT2D eigenvalue weighted by atomic mass is 10.0. The van der Waals surface area contributed by atoms with E-state index in [1.165, 1.54) is 0 Å². The molecule has 6 nitrogen and oxygen atoms in total. The number of hydrogen-bond acceptors (Lipinski definition) is 4. The van der Waals surface area contributed by atoms with Crippen molar-refractivity contribution >= 4 is 26.6 Å². The van der Waals surface area contributed by atoms with Gasteiger partial charge in [-0.25, -0.2) is 0 Å². The highest BCUT2D eigenvalue weighted by molar-refractivity contribution is 6.54. The minimum atomic E-state index is -1.08. The fourth-order valence-corrected chi connectivity index (χ4v) is 3.37. The fraction of sp³-hybridized carbons (Fsp3) is 0.467. The van der Waals surface area contributed by atoms with Crippen molar-refractivity contribution in [1.82, 2.24) is 0 Å². The molecule has 0 bridgehead atoms. The Morgan fingerprint density at radius 1 is 1.23 bits per heavy atom. The summed E-state index contributed by atoms with van der Waals surface area (Å²) in [5, 5.41) is 18.7. The standard InChI is InChI=1S/C15H20O6Si/c1-20-11-6-3-7-12(14(11)21-2)22-8-4-5-10(15(18)19)9-13(16)17/h3,6-7,10H,4-5,8-9H2,1-2H3,(H,16,17)(H,18,19). The highest BCUT2D eigenvalue weighted by Crippen LogP contribution is 2.23. The van der Waals surface area contributed by atoms with E-state index in [-0.39, 0.29) is 6.42 Å². The molecule has 0 aliphatic carbocycles. The summed E-state index contributed by atoms with van der Waals surface area (Å²) in [5.74, 6) is -1.59. The topological polar surface area (TPSA) is 93.1 Å². The third kappa shape index (κ3) is 5.40. The molecule has 1 atom stereocenters. The van der Waals surface area contributed by atoms with Gasteiger partial charge in [-0.2, -0.15) is 0 Å². The molecule has 0 aromatic heterocycles. The first-order chi connectivity index (χ1) is 10.5. The van der Waals surface area contributed by atoms with E-state index < -0.39 is 17.9 Å². The monoisotopic (exact) mass is 324 g/mol. The molecular weight excluding hydrogens is 304 g/mol. The van der Waals surface area contributed by atoms with Crippen LogP contribution >= 0.6 is 0 Å². The first-order valence-corrected chi connectivity index (χ1v) is 8.09. The summed E-state index contributed by atoms with van der Waals surface area (Å²) >= 11 is 0. The third-order valence-electron chi connectivity index (χ3n) is 3.22. The minimum Gasteiger partial charge on any atom is -0.493 e. The molecule has 0 spiro atoms. The van der Waals surface area contributed by atoms with Gasteiger partial charge in [0, 0.05) is 0 Å². The second-order valence-corrected chi connectivity index (χ2v) is 6.14. The van der Waals surface area contributed by atoms with Gasteiger partial charge in [-0.3, -0.25) is 9.59 Å². The van der Waals surface area contributed by atoms with Crippen molar-refractivity contribution in [2.45, 2.75) is 25.3 Å². The molecule has 120 valence electrons. The molecule has 22 heavy (non-hydrogen) atoms. The lowest BCUT2D eigenvalue weighted by Gasteiger charge is -2.12. The Kier molecular flexibility index (Phi) is 7.45. The smallest absolute Gasteiger partial charge is 0.307 e. The molecule has 0 amide bonds. The summed E-state index contributed by atoms with van der Waals surface area (Å²) in [4.78, 5) is 21.6. The number of hydrogen-bond donors (Lipinski definition) is 2. The zero-order chi connectivity index (χ0) is 16.5. The molecule has 2 radical (unpaired) electrons. The zero-order valence-electron chi connectivity index (χ0n) is 12.7. The van der Waals surface area contributed by atoms with Gasteiger partial charge in [-0.15, -0.1) is 0 Å². The van der Waals surface area contributed by atoms with Gasteiger partial charge in [0.2, 0.25) is 0 Å². The first kappa shape index (κ1) is 18.0. The van der Waals surface area contributed by atoms with Gasteiger partial charge < -0.3 is 19.7 Å². The molecule has 7 heteroatoms. The van der Waals surface area contributed by atoms with E-state index >= 15 is 0 Å². The molecule has 0 saturated carbocycles. The number of aliphatic carboxylic acids is 2. The summed E-state index contributed by atoms with van der Waals surface area (Å²) in [6, 6.07) is 6.44. The van der Waals surface area contributed by atoms with Gasteiger partial charge in [-0.05, 0) is 17.7 Å². The quantitative estimate of drug-likeness (QED) is 0.499. The van der Waals surface area contributed by atoms with Crippen molar-refractivity contribution in [2.24, 2.45) is 5.92 Å². The van der Waals surface area contributed by atoms with Crippen LogP contribution in [0.1, 0.15) is 19.3 Å². The van der Waals surface area contributed by atoms with E-state index in [0.717, 1.165) is 11.2 Å². The van der Waals surface area contributed by atoms with Gasteiger partial charge in [0.1, 0.15) is 0 Å². The number of rotatable bonds is 10. The number of para-hydroxylation sites is 1. The molecule has 0 fully saturated rings. The Hall–Kier alpha value is -2.02. The number of ether oxygens (including phenoxy) is 2. The number of methoxy groups -OCH3 is 2. The van der Waals surface area contributed by atoms with E-state index in [2.05, 4.69) is 0 Å². The summed E-state index contributed by atoms with van der Waals surface area (Å²) in [5.41, 5.74) is 0. The van der Waals surface area contributed by atoms with E-state index in [1.807, 2.05) is 18.2 Å². The Morgan fingerprint density at radius 2 is 1.95 bits per heavy atom. The number of benzene rings is 1. The molecule has 1 aromatic rings. The van der Waals surface area contributed by atoms with Crippen molar-refractivity contribution in [2.75, 3.05) is 14.2 Å². The van der Waals surface area contributed by atoms with Crippen LogP contribution < -0.4 is 14.7 Å². The van der Waals surface area contributed by atoms with Crippen LogP contribution in [0.3, 0.4) is 0 Å². The minimum absolute atomic E-state index is 0.332. The fourth-order valence-electron chi connectivity index (χ4n) is 2.12. The predicted molar refractivity (Wildman–Crippen MR) is 82.4 cm³/mol. The average molecular weight is 324 g/mol. The molecule has 1 unspecified atom stereocenters. The van der Waals surface area contributed by atoms with E-state index in [4.69, 9.17) is 19.7 Å². The summed E-state index contributed by atoms with van der Waals surface area (Å²) in [6.45, 7) is 0. The van der Waals surface area contributed by atoms with Gasteiger partial charge in [0.25, 0.3) is 0 Å². The highest BCUT2D eigenvalue weighted by atomic mass is 28.2.